The van der Waals surface area contributed by atoms with E-state index in [0.717, 1.165) is 27.4 Å². The summed E-state index contributed by atoms with van der Waals surface area (Å²) in [6.45, 7) is 0.356. The van der Waals surface area contributed by atoms with Crippen LogP contribution < -0.4 is 5.32 Å². The van der Waals surface area contributed by atoms with Crippen LogP contribution in [0.1, 0.15) is 16.1 Å². The average Bonchev–Trinajstić information content (AvgIpc) is 2.95. The lowest BCUT2D eigenvalue weighted by molar-refractivity contribution is 0.0952. The maximum absolute atomic E-state index is 12.7. The lowest BCUT2D eigenvalue weighted by Crippen LogP contribution is -2.23. The number of carbonyl (C=O) groups excluding carboxylic acids is 1. The first kappa shape index (κ1) is 15.2. The molecule has 0 saturated heterocycles. The summed E-state index contributed by atoms with van der Waals surface area (Å²) < 4.78 is 1.82. The van der Waals surface area contributed by atoms with Gasteiger partial charge in [-0.2, -0.15) is 5.10 Å². The summed E-state index contributed by atoms with van der Waals surface area (Å²) in [5, 5.41) is 19.7. The molecule has 5 heteroatoms. The van der Waals surface area contributed by atoms with Crippen molar-refractivity contribution in [3.63, 3.8) is 0 Å². The van der Waals surface area contributed by atoms with Gasteiger partial charge in [-0.05, 0) is 41.1 Å². The summed E-state index contributed by atoms with van der Waals surface area (Å²) in [5.74, 6) is 0.0241. The van der Waals surface area contributed by atoms with Crippen LogP contribution >= 0.6 is 0 Å². The van der Waals surface area contributed by atoms with Gasteiger partial charge in [-0.15, -0.1) is 0 Å². The number of aryl methyl sites for hydroxylation is 1. The Labute approximate surface area is 144 Å². The number of nitrogens with one attached hydrogen (secondary N) is 1. The van der Waals surface area contributed by atoms with Crippen LogP contribution in [0.2, 0.25) is 0 Å². The van der Waals surface area contributed by atoms with E-state index in [9.17, 15) is 9.90 Å². The number of aromatic hydroxyl groups is 1. The molecule has 5 nitrogen and oxygen atoms in total. The molecule has 0 aliphatic heterocycles. The predicted molar refractivity (Wildman–Crippen MR) is 97.5 cm³/mol. The second-order valence-electron chi connectivity index (χ2n) is 5.98. The van der Waals surface area contributed by atoms with Gasteiger partial charge in [0.25, 0.3) is 5.91 Å². The van der Waals surface area contributed by atoms with Crippen LogP contribution in [0.3, 0.4) is 0 Å². The van der Waals surface area contributed by atoms with Gasteiger partial charge in [0.1, 0.15) is 5.75 Å². The number of aromatic nitrogens is 2. The number of phenols is 1. The molecule has 0 radical (unpaired) electrons. The average molecular weight is 331 g/mol. The molecule has 0 aliphatic rings. The van der Waals surface area contributed by atoms with Crippen molar-refractivity contribution in [1.29, 1.82) is 0 Å². The molecule has 2 N–H and O–H groups in total. The molecular formula is C20H17N3O2. The van der Waals surface area contributed by atoms with Gasteiger partial charge in [0, 0.05) is 18.0 Å². The monoisotopic (exact) mass is 331 g/mol. The third-order valence-corrected chi connectivity index (χ3v) is 4.36. The Morgan fingerprint density at radius 2 is 1.92 bits per heavy atom. The van der Waals surface area contributed by atoms with Gasteiger partial charge < -0.3 is 10.4 Å². The van der Waals surface area contributed by atoms with Crippen molar-refractivity contribution in [3.8, 4) is 5.75 Å². The van der Waals surface area contributed by atoms with Crippen molar-refractivity contribution < 1.29 is 9.90 Å². The summed E-state index contributed by atoms with van der Waals surface area (Å²) in [5.41, 5.74) is 2.45. The molecule has 124 valence electrons. The molecule has 0 fully saturated rings. The molecule has 0 aliphatic carbocycles. The van der Waals surface area contributed by atoms with Crippen molar-refractivity contribution in [2.75, 3.05) is 0 Å². The molecule has 4 aromatic rings. The zero-order valence-corrected chi connectivity index (χ0v) is 13.7. The molecule has 1 amide bonds. The van der Waals surface area contributed by atoms with Crippen molar-refractivity contribution in [2.45, 2.75) is 6.54 Å². The molecule has 1 heterocycles. The topological polar surface area (TPSA) is 67.2 Å². The molecule has 0 atom stereocenters. The number of hydrogen-bond donors (Lipinski definition) is 2. The normalized spacial score (nSPS) is 11.1. The first-order chi connectivity index (χ1) is 12.1. The molecule has 1 aromatic heterocycles. The Balaban J connectivity index is 1.62. The summed E-state index contributed by atoms with van der Waals surface area (Å²) in [7, 11) is 1.89. The highest BCUT2D eigenvalue weighted by molar-refractivity contribution is 6.07. The minimum Gasteiger partial charge on any atom is -0.508 e. The number of carbonyl (C=O) groups is 1. The predicted octanol–water partition coefficient (Wildman–Crippen LogP) is 3.36. The van der Waals surface area contributed by atoms with E-state index in [1.54, 1.807) is 24.3 Å². The maximum atomic E-state index is 12.7. The van der Waals surface area contributed by atoms with Crippen LogP contribution in [-0.2, 0) is 13.6 Å². The summed E-state index contributed by atoms with van der Waals surface area (Å²) in [4.78, 5) is 12.7. The van der Waals surface area contributed by atoms with Crippen molar-refractivity contribution in [3.05, 3.63) is 71.9 Å². The van der Waals surface area contributed by atoms with Gasteiger partial charge >= 0.3 is 0 Å². The van der Waals surface area contributed by atoms with Crippen LogP contribution in [0, 0.1) is 0 Å². The number of para-hydroxylation sites is 1. The van der Waals surface area contributed by atoms with E-state index >= 15 is 0 Å². The molecular weight excluding hydrogens is 314 g/mol. The third-order valence-electron chi connectivity index (χ3n) is 4.36. The number of benzene rings is 3. The molecule has 0 saturated carbocycles. The van der Waals surface area contributed by atoms with Crippen LogP contribution in [0.25, 0.3) is 21.7 Å². The minimum absolute atomic E-state index is 0.161. The molecule has 0 unspecified atom stereocenters. The van der Waals surface area contributed by atoms with Crippen LogP contribution in [0.4, 0.5) is 0 Å². The van der Waals surface area contributed by atoms with Crippen LogP contribution in [-0.4, -0.2) is 20.8 Å². The second-order valence-corrected chi connectivity index (χ2v) is 5.98. The lowest BCUT2D eigenvalue weighted by Gasteiger charge is -2.08. The van der Waals surface area contributed by atoms with Gasteiger partial charge in [-0.25, -0.2) is 0 Å². The molecule has 0 spiro atoms. The zero-order valence-electron chi connectivity index (χ0n) is 13.7. The van der Waals surface area contributed by atoms with E-state index in [1.807, 2.05) is 48.1 Å². The molecule has 4 rings (SSSR count). The highest BCUT2D eigenvalue weighted by Gasteiger charge is 2.13. The lowest BCUT2D eigenvalue weighted by atomic mass is 10.0. The Morgan fingerprint density at radius 3 is 2.80 bits per heavy atom. The number of nitrogens with zero attached hydrogens (tertiary/aromatic N) is 2. The number of rotatable bonds is 3. The fourth-order valence-corrected chi connectivity index (χ4v) is 3.15. The van der Waals surface area contributed by atoms with Gasteiger partial charge in [0.15, 0.2) is 0 Å². The Hall–Kier alpha value is -3.34. The Bertz CT molecular complexity index is 1100. The minimum atomic E-state index is -0.161. The van der Waals surface area contributed by atoms with Gasteiger partial charge in [-0.1, -0.05) is 30.3 Å². The van der Waals surface area contributed by atoms with Crippen LogP contribution in [0.15, 0.2) is 60.7 Å². The van der Waals surface area contributed by atoms with Gasteiger partial charge in [-0.3, -0.25) is 9.48 Å². The summed E-state index contributed by atoms with van der Waals surface area (Å²) >= 11 is 0. The largest absolute Gasteiger partial charge is 0.508 e. The Morgan fingerprint density at radius 1 is 1.08 bits per heavy atom. The summed E-state index contributed by atoms with van der Waals surface area (Å²) in [6.07, 6.45) is 0. The standard InChI is InChI=1S/C20H17N3O2/c1-23-19-8-3-2-6-17(19)18(22-23)12-21-20(25)16-7-4-5-13-11-14(24)9-10-15(13)16/h2-11,24H,12H2,1H3,(H,21,25). The SMILES string of the molecule is Cn1nc(CNC(=O)c2cccc3cc(O)ccc23)c2ccccc21. The van der Waals surface area contributed by atoms with E-state index < -0.39 is 0 Å². The maximum Gasteiger partial charge on any atom is 0.252 e. The van der Waals surface area contributed by atoms with E-state index in [4.69, 9.17) is 0 Å². The first-order valence-corrected chi connectivity index (χ1v) is 8.04. The van der Waals surface area contributed by atoms with Gasteiger partial charge in [0.2, 0.25) is 0 Å². The van der Waals surface area contributed by atoms with Gasteiger partial charge in [0.05, 0.1) is 17.8 Å². The van der Waals surface area contributed by atoms with Crippen molar-refractivity contribution >= 4 is 27.6 Å². The second kappa shape index (κ2) is 5.94. The molecule has 0 bridgehead atoms. The fourth-order valence-electron chi connectivity index (χ4n) is 3.15. The zero-order chi connectivity index (χ0) is 17.4. The molecule has 25 heavy (non-hydrogen) atoms. The number of amides is 1. The quantitative estimate of drug-likeness (QED) is 0.605. The van der Waals surface area contributed by atoms with Crippen LogP contribution in [0.5, 0.6) is 5.75 Å². The van der Waals surface area contributed by atoms with E-state index in [1.165, 1.54) is 0 Å². The van der Waals surface area contributed by atoms with E-state index in [-0.39, 0.29) is 11.7 Å². The number of hydrogen-bond acceptors (Lipinski definition) is 3. The Kier molecular flexibility index (Phi) is 3.61. The highest BCUT2D eigenvalue weighted by Crippen LogP contribution is 2.23. The smallest absolute Gasteiger partial charge is 0.252 e. The first-order valence-electron chi connectivity index (χ1n) is 8.04. The third kappa shape index (κ3) is 2.70. The summed E-state index contributed by atoms with van der Waals surface area (Å²) in [6, 6.07) is 18.4. The van der Waals surface area contributed by atoms with E-state index in [2.05, 4.69) is 10.4 Å². The van der Waals surface area contributed by atoms with Crippen molar-refractivity contribution in [1.82, 2.24) is 15.1 Å². The highest BCUT2D eigenvalue weighted by atomic mass is 16.3. The molecule has 3 aromatic carbocycles. The number of phenolic OH excluding ortho intramolecular Hbond substituents is 1. The number of fused-ring (bicyclic) bond motifs is 2. The fraction of sp³-hybridized carbons (Fsp3) is 0.100. The van der Waals surface area contributed by atoms with Crippen molar-refractivity contribution in [2.24, 2.45) is 7.05 Å². The van der Waals surface area contributed by atoms with E-state index in [0.29, 0.717) is 12.1 Å².